The number of likely N-dealkylation sites (N-methyl/N-ethyl adjacent to an activating group) is 1. The molecule has 1 saturated heterocycles. The number of para-hydroxylation sites is 1. The highest BCUT2D eigenvalue weighted by atomic mass is 16.6. The summed E-state index contributed by atoms with van der Waals surface area (Å²) in [5, 5.41) is 11.5. The van der Waals surface area contributed by atoms with E-state index in [1.54, 1.807) is 19.2 Å². The Labute approximate surface area is 164 Å². The molecule has 0 aliphatic carbocycles. The maximum absolute atomic E-state index is 12.7. The minimum absolute atomic E-state index is 0.0164. The number of hydrogen-bond acceptors (Lipinski definition) is 5. The maximum atomic E-state index is 12.7. The number of nitro benzene ring substituents is 1. The third-order valence-electron chi connectivity index (χ3n) is 4.99. The van der Waals surface area contributed by atoms with Crippen LogP contribution in [0.5, 0.6) is 5.75 Å². The molecule has 0 aromatic heterocycles. The van der Waals surface area contributed by atoms with Crippen LogP contribution in [0.1, 0.15) is 28.8 Å². The van der Waals surface area contributed by atoms with Gasteiger partial charge >= 0.3 is 0 Å². The normalized spacial score (nSPS) is 13.4. The van der Waals surface area contributed by atoms with E-state index in [-0.39, 0.29) is 11.6 Å². The van der Waals surface area contributed by atoms with E-state index in [1.807, 2.05) is 36.1 Å². The van der Waals surface area contributed by atoms with Gasteiger partial charge in [-0.1, -0.05) is 18.2 Å². The average molecular weight is 383 g/mol. The Morgan fingerprint density at radius 1 is 1.21 bits per heavy atom. The van der Waals surface area contributed by atoms with Crippen LogP contribution >= 0.6 is 0 Å². The van der Waals surface area contributed by atoms with Gasteiger partial charge in [-0.05, 0) is 43.5 Å². The van der Waals surface area contributed by atoms with E-state index < -0.39 is 4.92 Å². The zero-order valence-electron chi connectivity index (χ0n) is 16.3. The predicted molar refractivity (Wildman–Crippen MR) is 108 cm³/mol. The summed E-state index contributed by atoms with van der Waals surface area (Å²) in [6, 6.07) is 12.4. The molecule has 0 bridgehead atoms. The van der Waals surface area contributed by atoms with Crippen molar-refractivity contribution in [3.63, 3.8) is 0 Å². The lowest BCUT2D eigenvalue weighted by Gasteiger charge is -2.20. The Bertz CT molecular complexity index is 862. The molecule has 1 fully saturated rings. The second-order valence-corrected chi connectivity index (χ2v) is 7.00. The Kier molecular flexibility index (Phi) is 6.13. The Balaban J connectivity index is 1.66. The molecular weight excluding hydrogens is 358 g/mol. The highest BCUT2D eigenvalue weighted by Gasteiger charge is 2.24. The van der Waals surface area contributed by atoms with Crippen LogP contribution in [0.15, 0.2) is 42.5 Å². The average Bonchev–Trinajstić information content (AvgIpc) is 3.23. The van der Waals surface area contributed by atoms with Crippen LogP contribution in [-0.2, 0) is 0 Å². The Morgan fingerprint density at radius 2 is 1.93 bits per heavy atom. The van der Waals surface area contributed by atoms with Crippen molar-refractivity contribution in [2.75, 3.05) is 38.2 Å². The van der Waals surface area contributed by atoms with Crippen molar-refractivity contribution in [1.29, 1.82) is 0 Å². The SMILES string of the molecule is Cc1ccccc1OCCN(C)C(=O)c1ccc(N2CCCC2)c([N+](=O)[O-])c1. The molecule has 1 aliphatic rings. The summed E-state index contributed by atoms with van der Waals surface area (Å²) in [5.74, 6) is 0.526. The second-order valence-electron chi connectivity index (χ2n) is 7.00. The van der Waals surface area contributed by atoms with Gasteiger partial charge in [-0.25, -0.2) is 0 Å². The summed E-state index contributed by atoms with van der Waals surface area (Å²) in [6.45, 7) is 4.32. The van der Waals surface area contributed by atoms with E-state index in [1.165, 1.54) is 11.0 Å². The third kappa shape index (κ3) is 4.42. The number of carbonyl (C=O) groups is 1. The van der Waals surface area contributed by atoms with Crippen molar-refractivity contribution in [3.05, 3.63) is 63.7 Å². The first-order chi connectivity index (χ1) is 13.5. The predicted octanol–water partition coefficient (Wildman–Crippen LogP) is 3.65. The lowest BCUT2D eigenvalue weighted by Crippen LogP contribution is -2.31. The number of hydrogen-bond donors (Lipinski definition) is 0. The van der Waals surface area contributed by atoms with Crippen molar-refractivity contribution in [2.24, 2.45) is 0 Å². The van der Waals surface area contributed by atoms with Crippen LogP contribution in [0.25, 0.3) is 0 Å². The van der Waals surface area contributed by atoms with Crippen LogP contribution in [0, 0.1) is 17.0 Å². The van der Waals surface area contributed by atoms with Gasteiger partial charge in [0.05, 0.1) is 11.5 Å². The lowest BCUT2D eigenvalue weighted by atomic mass is 10.1. The Hall–Kier alpha value is -3.09. The second kappa shape index (κ2) is 8.73. The van der Waals surface area contributed by atoms with Gasteiger partial charge in [0.1, 0.15) is 18.0 Å². The first kappa shape index (κ1) is 19.7. The van der Waals surface area contributed by atoms with E-state index >= 15 is 0 Å². The number of nitro groups is 1. The number of benzene rings is 2. The number of nitrogens with zero attached hydrogens (tertiary/aromatic N) is 3. The summed E-state index contributed by atoms with van der Waals surface area (Å²) in [5.41, 5.74) is 1.92. The minimum Gasteiger partial charge on any atom is -0.491 e. The smallest absolute Gasteiger partial charge is 0.293 e. The largest absolute Gasteiger partial charge is 0.491 e. The summed E-state index contributed by atoms with van der Waals surface area (Å²) in [4.78, 5) is 27.3. The molecule has 148 valence electrons. The quantitative estimate of drug-likeness (QED) is 0.539. The minimum atomic E-state index is -0.411. The highest BCUT2D eigenvalue weighted by molar-refractivity contribution is 5.95. The lowest BCUT2D eigenvalue weighted by molar-refractivity contribution is -0.384. The molecule has 0 N–H and O–H groups in total. The van der Waals surface area contributed by atoms with Crippen LogP contribution in [-0.4, -0.2) is 49.0 Å². The molecule has 2 aromatic carbocycles. The molecule has 7 nitrogen and oxygen atoms in total. The fourth-order valence-corrected chi connectivity index (χ4v) is 3.36. The number of carbonyl (C=O) groups excluding carboxylic acids is 1. The van der Waals surface area contributed by atoms with E-state index in [0.29, 0.717) is 24.4 Å². The molecule has 1 heterocycles. The molecule has 0 atom stereocenters. The van der Waals surface area contributed by atoms with Gasteiger partial charge in [0, 0.05) is 31.8 Å². The van der Waals surface area contributed by atoms with Gasteiger partial charge < -0.3 is 14.5 Å². The van der Waals surface area contributed by atoms with Crippen LogP contribution in [0.2, 0.25) is 0 Å². The molecule has 2 aromatic rings. The van der Waals surface area contributed by atoms with Gasteiger partial charge in [0.25, 0.3) is 11.6 Å². The van der Waals surface area contributed by atoms with Gasteiger partial charge in [-0.15, -0.1) is 0 Å². The first-order valence-corrected chi connectivity index (χ1v) is 9.44. The van der Waals surface area contributed by atoms with Crippen LogP contribution in [0.3, 0.4) is 0 Å². The molecule has 0 saturated carbocycles. The van der Waals surface area contributed by atoms with Gasteiger partial charge in [-0.3, -0.25) is 14.9 Å². The van der Waals surface area contributed by atoms with E-state index in [2.05, 4.69) is 0 Å². The topological polar surface area (TPSA) is 75.9 Å². The highest BCUT2D eigenvalue weighted by Crippen LogP contribution is 2.32. The van der Waals surface area contributed by atoms with Gasteiger partial charge in [0.2, 0.25) is 0 Å². The Morgan fingerprint density at radius 3 is 2.61 bits per heavy atom. The first-order valence-electron chi connectivity index (χ1n) is 9.44. The molecule has 7 heteroatoms. The van der Waals surface area contributed by atoms with Crippen molar-refractivity contribution < 1.29 is 14.5 Å². The zero-order valence-corrected chi connectivity index (χ0v) is 16.3. The number of amides is 1. The zero-order chi connectivity index (χ0) is 20.1. The molecular formula is C21H25N3O4. The third-order valence-corrected chi connectivity index (χ3v) is 4.99. The molecule has 0 radical (unpaired) electrons. The summed E-state index contributed by atoms with van der Waals surface area (Å²) in [7, 11) is 1.67. The van der Waals surface area contributed by atoms with E-state index in [0.717, 1.165) is 37.2 Å². The molecule has 0 spiro atoms. The monoisotopic (exact) mass is 383 g/mol. The van der Waals surface area contributed by atoms with E-state index in [9.17, 15) is 14.9 Å². The number of aryl methyl sites for hydroxylation is 1. The number of anilines is 1. The molecule has 3 rings (SSSR count). The van der Waals surface area contributed by atoms with Crippen molar-refractivity contribution >= 4 is 17.3 Å². The van der Waals surface area contributed by atoms with E-state index in [4.69, 9.17) is 4.74 Å². The summed E-state index contributed by atoms with van der Waals surface area (Å²) >= 11 is 0. The molecule has 28 heavy (non-hydrogen) atoms. The number of rotatable bonds is 7. The summed E-state index contributed by atoms with van der Waals surface area (Å²) < 4.78 is 5.73. The van der Waals surface area contributed by atoms with Crippen molar-refractivity contribution in [1.82, 2.24) is 4.90 Å². The maximum Gasteiger partial charge on any atom is 0.293 e. The van der Waals surface area contributed by atoms with Gasteiger partial charge in [-0.2, -0.15) is 0 Å². The number of ether oxygens (including phenoxy) is 1. The van der Waals surface area contributed by atoms with Gasteiger partial charge in [0.15, 0.2) is 0 Å². The molecule has 1 aliphatic heterocycles. The fraction of sp³-hybridized carbons (Fsp3) is 0.381. The van der Waals surface area contributed by atoms with Crippen LogP contribution < -0.4 is 9.64 Å². The molecule has 1 amide bonds. The van der Waals surface area contributed by atoms with Crippen molar-refractivity contribution in [2.45, 2.75) is 19.8 Å². The molecule has 0 unspecified atom stereocenters. The fourth-order valence-electron chi connectivity index (χ4n) is 3.36. The van der Waals surface area contributed by atoms with Crippen LogP contribution in [0.4, 0.5) is 11.4 Å². The standard InChI is InChI=1S/C21H25N3O4/c1-16-7-3-4-8-20(16)28-14-13-22(2)21(25)17-9-10-18(19(15-17)24(26)27)23-11-5-6-12-23/h3-4,7-10,15H,5-6,11-14H2,1-2H3. The summed E-state index contributed by atoms with van der Waals surface area (Å²) in [6.07, 6.45) is 2.06. The van der Waals surface area contributed by atoms with Crippen molar-refractivity contribution in [3.8, 4) is 5.75 Å².